The number of hydrogen-bond donors (Lipinski definition) is 2. The summed E-state index contributed by atoms with van der Waals surface area (Å²) in [5.41, 5.74) is 0. The van der Waals surface area contributed by atoms with Gasteiger partial charge in [0.25, 0.3) is 0 Å². The molecule has 1 rings (SSSR count). The quantitative estimate of drug-likeness (QED) is 0.716. The lowest BCUT2D eigenvalue weighted by atomic mass is 10.4. The minimum Gasteiger partial charge on any atom is -0.481 e. The Kier molecular flexibility index (Phi) is 6.67. The molecule has 18 heavy (non-hydrogen) atoms. The van der Waals surface area contributed by atoms with E-state index >= 15 is 0 Å². The zero-order valence-electron chi connectivity index (χ0n) is 9.67. The SMILES string of the molecule is O=C(O)CCSc1ccc(SCCC(=O)O)cc1. The van der Waals surface area contributed by atoms with E-state index in [-0.39, 0.29) is 12.8 Å². The number of carboxylic acid groups (broad SMARTS) is 2. The third-order valence-corrected chi connectivity index (χ3v) is 4.02. The first kappa shape index (κ1) is 14.9. The highest BCUT2D eigenvalue weighted by Gasteiger charge is 2.01. The summed E-state index contributed by atoms with van der Waals surface area (Å²) < 4.78 is 0. The first-order valence-electron chi connectivity index (χ1n) is 5.37. The van der Waals surface area contributed by atoms with E-state index in [4.69, 9.17) is 10.2 Å². The van der Waals surface area contributed by atoms with Gasteiger partial charge in [0.15, 0.2) is 0 Å². The monoisotopic (exact) mass is 286 g/mol. The van der Waals surface area contributed by atoms with Crippen molar-refractivity contribution < 1.29 is 19.8 Å². The molecule has 0 aliphatic heterocycles. The summed E-state index contributed by atoms with van der Waals surface area (Å²) >= 11 is 3.00. The van der Waals surface area contributed by atoms with Gasteiger partial charge in [0.2, 0.25) is 0 Å². The lowest BCUT2D eigenvalue weighted by Gasteiger charge is -2.02. The number of aliphatic carboxylic acids is 2. The second-order valence-corrected chi connectivity index (χ2v) is 5.79. The molecule has 0 bridgehead atoms. The molecule has 2 N–H and O–H groups in total. The summed E-state index contributed by atoms with van der Waals surface area (Å²) in [4.78, 5) is 22.8. The molecule has 98 valence electrons. The van der Waals surface area contributed by atoms with Crippen LogP contribution in [0.25, 0.3) is 0 Å². The summed E-state index contributed by atoms with van der Waals surface area (Å²) in [5.74, 6) is -0.464. The molecule has 1 aromatic rings. The zero-order chi connectivity index (χ0) is 13.4. The molecule has 0 atom stereocenters. The predicted octanol–water partition coefficient (Wildman–Crippen LogP) is 2.82. The lowest BCUT2D eigenvalue weighted by Crippen LogP contribution is -1.96. The van der Waals surface area contributed by atoms with Gasteiger partial charge in [0.1, 0.15) is 0 Å². The lowest BCUT2D eigenvalue weighted by molar-refractivity contribution is -0.137. The minimum atomic E-state index is -0.789. The van der Waals surface area contributed by atoms with Gasteiger partial charge in [-0.25, -0.2) is 0 Å². The summed E-state index contributed by atoms with van der Waals surface area (Å²) in [6, 6.07) is 7.70. The predicted molar refractivity (Wildman–Crippen MR) is 72.4 cm³/mol. The second-order valence-electron chi connectivity index (χ2n) is 3.46. The van der Waals surface area contributed by atoms with Crippen LogP contribution in [-0.4, -0.2) is 33.7 Å². The molecule has 0 aromatic heterocycles. The van der Waals surface area contributed by atoms with Crippen LogP contribution in [0.5, 0.6) is 0 Å². The molecular formula is C12H14O4S2. The Balaban J connectivity index is 2.33. The molecule has 0 heterocycles. The fourth-order valence-electron chi connectivity index (χ4n) is 1.14. The standard InChI is InChI=1S/C12H14O4S2/c13-11(14)5-7-17-9-1-2-10(4-3-9)18-8-6-12(15)16/h1-4H,5-8H2,(H,13,14)(H,15,16). The Morgan fingerprint density at radius 3 is 1.44 bits per heavy atom. The van der Waals surface area contributed by atoms with Crippen molar-refractivity contribution in [3.8, 4) is 0 Å². The molecule has 4 nitrogen and oxygen atoms in total. The van der Waals surface area contributed by atoms with Gasteiger partial charge < -0.3 is 10.2 Å². The van der Waals surface area contributed by atoms with Crippen molar-refractivity contribution in [2.75, 3.05) is 11.5 Å². The number of benzene rings is 1. The summed E-state index contributed by atoms with van der Waals surface area (Å²) in [6.07, 6.45) is 0.305. The molecule has 0 spiro atoms. The van der Waals surface area contributed by atoms with Gasteiger partial charge >= 0.3 is 11.9 Å². The van der Waals surface area contributed by atoms with E-state index in [1.807, 2.05) is 24.3 Å². The smallest absolute Gasteiger partial charge is 0.304 e. The van der Waals surface area contributed by atoms with Crippen molar-refractivity contribution in [2.24, 2.45) is 0 Å². The van der Waals surface area contributed by atoms with Gasteiger partial charge in [-0.2, -0.15) is 0 Å². The van der Waals surface area contributed by atoms with E-state index in [0.29, 0.717) is 11.5 Å². The van der Waals surface area contributed by atoms with Crippen molar-refractivity contribution in [2.45, 2.75) is 22.6 Å². The van der Waals surface area contributed by atoms with Crippen LogP contribution in [0.1, 0.15) is 12.8 Å². The van der Waals surface area contributed by atoms with Gasteiger partial charge in [-0.3, -0.25) is 9.59 Å². The highest BCUT2D eigenvalue weighted by Crippen LogP contribution is 2.24. The molecule has 0 radical (unpaired) electrons. The molecule has 0 fully saturated rings. The normalized spacial score (nSPS) is 10.2. The third-order valence-electron chi connectivity index (χ3n) is 1.99. The van der Waals surface area contributed by atoms with E-state index in [1.54, 1.807) is 0 Å². The molecular weight excluding hydrogens is 272 g/mol. The Hall–Kier alpha value is -1.14. The maximum absolute atomic E-state index is 10.4. The number of hydrogen-bond acceptors (Lipinski definition) is 4. The van der Waals surface area contributed by atoms with E-state index < -0.39 is 11.9 Å². The van der Waals surface area contributed by atoms with Gasteiger partial charge in [-0.05, 0) is 24.3 Å². The van der Waals surface area contributed by atoms with Crippen molar-refractivity contribution in [3.05, 3.63) is 24.3 Å². The van der Waals surface area contributed by atoms with Crippen LogP contribution < -0.4 is 0 Å². The second kappa shape index (κ2) is 8.05. The van der Waals surface area contributed by atoms with Gasteiger partial charge in [0, 0.05) is 21.3 Å². The minimum absolute atomic E-state index is 0.153. The largest absolute Gasteiger partial charge is 0.481 e. The van der Waals surface area contributed by atoms with E-state index in [9.17, 15) is 9.59 Å². The first-order chi connectivity index (χ1) is 8.58. The van der Waals surface area contributed by atoms with Crippen molar-refractivity contribution in [1.29, 1.82) is 0 Å². The van der Waals surface area contributed by atoms with E-state index in [0.717, 1.165) is 9.79 Å². The van der Waals surface area contributed by atoms with E-state index in [1.165, 1.54) is 23.5 Å². The molecule has 1 aromatic carbocycles. The van der Waals surface area contributed by atoms with Crippen LogP contribution in [0.4, 0.5) is 0 Å². The molecule has 0 saturated carbocycles. The van der Waals surface area contributed by atoms with Gasteiger partial charge in [-0.1, -0.05) is 0 Å². The average Bonchev–Trinajstić information content (AvgIpc) is 2.30. The highest BCUT2D eigenvalue weighted by molar-refractivity contribution is 7.99. The zero-order valence-corrected chi connectivity index (χ0v) is 11.3. The van der Waals surface area contributed by atoms with Crippen LogP contribution in [0.3, 0.4) is 0 Å². The van der Waals surface area contributed by atoms with Crippen molar-refractivity contribution in [1.82, 2.24) is 0 Å². The van der Waals surface area contributed by atoms with Crippen LogP contribution in [0.15, 0.2) is 34.1 Å². The fraction of sp³-hybridized carbons (Fsp3) is 0.333. The van der Waals surface area contributed by atoms with Gasteiger partial charge in [-0.15, -0.1) is 23.5 Å². The maximum atomic E-state index is 10.4. The third kappa shape index (κ3) is 6.56. The van der Waals surface area contributed by atoms with Crippen molar-refractivity contribution >= 4 is 35.5 Å². The molecule has 0 aliphatic carbocycles. The number of rotatable bonds is 8. The van der Waals surface area contributed by atoms with Gasteiger partial charge in [0.05, 0.1) is 12.8 Å². The fourth-order valence-corrected chi connectivity index (χ4v) is 2.83. The number of carboxylic acids is 2. The van der Waals surface area contributed by atoms with E-state index in [2.05, 4.69) is 0 Å². The Bertz CT molecular complexity index is 364. The highest BCUT2D eigenvalue weighted by atomic mass is 32.2. The molecule has 0 saturated heterocycles. The maximum Gasteiger partial charge on any atom is 0.304 e. The Labute approximate surface area is 114 Å². The van der Waals surface area contributed by atoms with Crippen molar-refractivity contribution in [3.63, 3.8) is 0 Å². The molecule has 0 amide bonds. The summed E-state index contributed by atoms with van der Waals surface area (Å²) in [7, 11) is 0. The molecule has 6 heteroatoms. The average molecular weight is 286 g/mol. The number of thioether (sulfide) groups is 2. The first-order valence-corrected chi connectivity index (χ1v) is 7.34. The Morgan fingerprint density at radius 2 is 1.17 bits per heavy atom. The van der Waals surface area contributed by atoms with Crippen LogP contribution in [0.2, 0.25) is 0 Å². The molecule has 0 aliphatic rings. The molecule has 0 unspecified atom stereocenters. The summed E-state index contributed by atoms with van der Waals surface area (Å²) in [5, 5.41) is 17.0. The number of carbonyl (C=O) groups is 2. The Morgan fingerprint density at radius 1 is 0.833 bits per heavy atom. The van der Waals surface area contributed by atoms with Crippen LogP contribution in [-0.2, 0) is 9.59 Å². The van der Waals surface area contributed by atoms with Crippen LogP contribution in [0, 0.1) is 0 Å². The summed E-state index contributed by atoms with van der Waals surface area (Å²) in [6.45, 7) is 0. The van der Waals surface area contributed by atoms with Crippen LogP contribution >= 0.6 is 23.5 Å². The topological polar surface area (TPSA) is 74.6 Å².